The van der Waals surface area contributed by atoms with Gasteiger partial charge in [-0.2, -0.15) is 5.10 Å². The highest BCUT2D eigenvalue weighted by Gasteiger charge is 2.21. The van der Waals surface area contributed by atoms with Gasteiger partial charge in [-0.25, -0.2) is 4.79 Å². The fraction of sp³-hybridized carbons (Fsp3) is 0.467. The predicted molar refractivity (Wildman–Crippen MR) is 83.0 cm³/mol. The van der Waals surface area contributed by atoms with E-state index in [9.17, 15) is 14.4 Å². The van der Waals surface area contributed by atoms with Crippen molar-refractivity contribution < 1.29 is 28.6 Å². The summed E-state index contributed by atoms with van der Waals surface area (Å²) in [4.78, 5) is 34.5. The van der Waals surface area contributed by atoms with Crippen LogP contribution in [-0.4, -0.2) is 48.6 Å². The number of nitrogens with one attached hydrogen (secondary N) is 1. The molecule has 1 aromatic heterocycles. The molecule has 24 heavy (non-hydrogen) atoms. The molecule has 0 aromatic carbocycles. The number of rotatable bonds is 7. The molecule has 0 saturated heterocycles. The normalized spacial score (nSPS) is 9.67. The van der Waals surface area contributed by atoms with Crippen molar-refractivity contribution in [2.24, 2.45) is 0 Å². The number of amides is 1. The van der Waals surface area contributed by atoms with E-state index in [1.807, 2.05) is 0 Å². The molecule has 0 atom stereocenters. The van der Waals surface area contributed by atoms with Crippen LogP contribution >= 0.6 is 0 Å². The van der Waals surface area contributed by atoms with Crippen molar-refractivity contribution in [2.45, 2.75) is 25.8 Å². The number of hydrogen-bond acceptors (Lipinski definition) is 7. The molecule has 0 aliphatic heterocycles. The summed E-state index contributed by atoms with van der Waals surface area (Å²) in [5, 5.41) is 6.51. The van der Waals surface area contributed by atoms with Crippen LogP contribution in [-0.2, 0) is 23.8 Å². The maximum absolute atomic E-state index is 11.5. The van der Waals surface area contributed by atoms with Crippen LogP contribution in [0.5, 0.6) is 0 Å². The van der Waals surface area contributed by atoms with Crippen molar-refractivity contribution in [2.75, 3.05) is 26.1 Å². The molecule has 0 bridgehead atoms. The van der Waals surface area contributed by atoms with Gasteiger partial charge in [-0.1, -0.05) is 5.92 Å². The van der Waals surface area contributed by atoms with E-state index in [1.54, 1.807) is 6.92 Å². The van der Waals surface area contributed by atoms with Gasteiger partial charge >= 0.3 is 18.0 Å². The molecule has 0 fully saturated rings. The third-order valence-corrected chi connectivity index (χ3v) is 2.93. The van der Waals surface area contributed by atoms with E-state index in [0.717, 1.165) is 0 Å². The number of hydrogen-bond donors (Lipinski definition) is 1. The monoisotopic (exact) mass is 337 g/mol. The summed E-state index contributed by atoms with van der Waals surface area (Å²) >= 11 is 0. The molecule has 9 heteroatoms. The summed E-state index contributed by atoms with van der Waals surface area (Å²) in [5.74, 6) is 4.19. The zero-order valence-corrected chi connectivity index (χ0v) is 13.7. The van der Waals surface area contributed by atoms with Crippen LogP contribution in [0.2, 0.25) is 0 Å². The number of carbonyl (C=O) groups excluding carboxylic acids is 3. The van der Waals surface area contributed by atoms with Crippen LogP contribution in [0.3, 0.4) is 0 Å². The Kier molecular flexibility index (Phi) is 7.84. The lowest BCUT2D eigenvalue weighted by atomic mass is 10.1. The Morgan fingerprint density at radius 3 is 2.42 bits per heavy atom. The number of esters is 2. The topological polar surface area (TPSA) is 109 Å². The standard InChI is InChI=1S/C15H19N3O6/c1-4-5-6-24-15(21)17-11-9-16-18(10-11)12(7-13(19)22-2)8-14(20)23-3/h9-10,12H,6-8H2,1-3H3,(H,17,21). The molecule has 0 aliphatic carbocycles. The number of carbonyl (C=O) groups is 3. The Morgan fingerprint density at radius 2 is 1.88 bits per heavy atom. The number of ether oxygens (including phenoxy) is 3. The van der Waals surface area contributed by atoms with Crippen LogP contribution in [0.4, 0.5) is 10.5 Å². The van der Waals surface area contributed by atoms with Crippen molar-refractivity contribution in [3.05, 3.63) is 12.4 Å². The Morgan fingerprint density at radius 1 is 1.25 bits per heavy atom. The smallest absolute Gasteiger partial charge is 0.412 e. The first kappa shape index (κ1) is 19.0. The molecule has 1 N–H and O–H groups in total. The number of anilines is 1. The van der Waals surface area contributed by atoms with E-state index >= 15 is 0 Å². The minimum Gasteiger partial charge on any atom is -0.469 e. The van der Waals surface area contributed by atoms with E-state index in [1.165, 1.54) is 31.3 Å². The van der Waals surface area contributed by atoms with Crippen LogP contribution < -0.4 is 5.32 Å². The van der Waals surface area contributed by atoms with Crippen molar-refractivity contribution >= 4 is 23.7 Å². The van der Waals surface area contributed by atoms with Crippen LogP contribution in [0, 0.1) is 11.8 Å². The Balaban J connectivity index is 2.75. The average molecular weight is 337 g/mol. The van der Waals surface area contributed by atoms with E-state index in [2.05, 4.69) is 31.7 Å². The number of methoxy groups -OCH3 is 2. The summed E-state index contributed by atoms with van der Waals surface area (Å²) in [6.07, 6.45) is 2.03. The van der Waals surface area contributed by atoms with Gasteiger partial charge in [-0.3, -0.25) is 19.6 Å². The minimum absolute atomic E-state index is 0.0240. The first-order valence-corrected chi connectivity index (χ1v) is 7.01. The van der Waals surface area contributed by atoms with E-state index in [0.29, 0.717) is 5.69 Å². The van der Waals surface area contributed by atoms with Gasteiger partial charge in [0.1, 0.15) is 0 Å². The fourth-order valence-corrected chi connectivity index (χ4v) is 1.74. The summed E-state index contributed by atoms with van der Waals surface area (Å²) in [7, 11) is 2.51. The molecule has 0 radical (unpaired) electrons. The summed E-state index contributed by atoms with van der Waals surface area (Å²) in [6, 6.07) is -0.595. The molecule has 130 valence electrons. The third-order valence-electron chi connectivity index (χ3n) is 2.93. The van der Waals surface area contributed by atoms with E-state index in [4.69, 9.17) is 4.74 Å². The first-order valence-electron chi connectivity index (χ1n) is 7.01. The molecule has 1 heterocycles. The SMILES string of the molecule is CC#CCOC(=O)Nc1cnn(C(CC(=O)OC)CC(=O)OC)c1. The van der Waals surface area contributed by atoms with Gasteiger partial charge in [0, 0.05) is 6.20 Å². The van der Waals surface area contributed by atoms with Crippen LogP contribution in [0.25, 0.3) is 0 Å². The highest BCUT2D eigenvalue weighted by molar-refractivity contribution is 5.84. The van der Waals surface area contributed by atoms with Crippen molar-refractivity contribution in [1.82, 2.24) is 9.78 Å². The zero-order chi connectivity index (χ0) is 17.9. The molecule has 9 nitrogen and oxygen atoms in total. The van der Waals surface area contributed by atoms with Crippen LogP contribution in [0.1, 0.15) is 25.8 Å². The molecule has 1 amide bonds. The quantitative estimate of drug-likeness (QED) is 0.451. The molecule has 0 unspecified atom stereocenters. The fourth-order valence-electron chi connectivity index (χ4n) is 1.74. The molecule has 1 aromatic rings. The molecule has 0 saturated carbocycles. The lowest BCUT2D eigenvalue weighted by Crippen LogP contribution is -2.19. The van der Waals surface area contributed by atoms with Gasteiger partial charge in [0.2, 0.25) is 0 Å². The summed E-state index contributed by atoms with van der Waals surface area (Å²) in [6.45, 7) is 1.61. The second kappa shape index (κ2) is 9.89. The van der Waals surface area contributed by atoms with E-state index in [-0.39, 0.29) is 19.4 Å². The molecular weight excluding hydrogens is 318 g/mol. The second-order valence-corrected chi connectivity index (χ2v) is 4.55. The average Bonchev–Trinajstić information content (AvgIpc) is 3.02. The highest BCUT2D eigenvalue weighted by atomic mass is 16.5. The van der Waals surface area contributed by atoms with Gasteiger partial charge in [0.25, 0.3) is 0 Å². The van der Waals surface area contributed by atoms with Crippen LogP contribution in [0.15, 0.2) is 12.4 Å². The number of nitrogens with zero attached hydrogens (tertiary/aromatic N) is 2. The lowest BCUT2D eigenvalue weighted by molar-refractivity contribution is -0.144. The summed E-state index contributed by atoms with van der Waals surface area (Å²) in [5.41, 5.74) is 0.351. The largest absolute Gasteiger partial charge is 0.469 e. The van der Waals surface area contributed by atoms with Crippen molar-refractivity contribution in [3.8, 4) is 11.8 Å². The Hall–Kier alpha value is -3.02. The minimum atomic E-state index is -0.685. The van der Waals surface area contributed by atoms with Crippen molar-refractivity contribution in [3.63, 3.8) is 0 Å². The van der Waals surface area contributed by atoms with Gasteiger partial charge in [0.15, 0.2) is 6.61 Å². The molecular formula is C15H19N3O6. The lowest BCUT2D eigenvalue weighted by Gasteiger charge is -2.15. The van der Waals surface area contributed by atoms with Gasteiger partial charge in [-0.05, 0) is 6.92 Å². The maximum Gasteiger partial charge on any atom is 0.412 e. The third kappa shape index (κ3) is 6.39. The second-order valence-electron chi connectivity index (χ2n) is 4.55. The Labute approximate surface area is 139 Å². The van der Waals surface area contributed by atoms with Gasteiger partial charge in [-0.15, -0.1) is 5.92 Å². The maximum atomic E-state index is 11.5. The molecule has 1 rings (SSSR count). The number of aromatic nitrogens is 2. The van der Waals surface area contributed by atoms with E-state index < -0.39 is 24.1 Å². The Bertz CT molecular complexity index is 625. The van der Waals surface area contributed by atoms with Gasteiger partial charge in [0.05, 0.1) is 45.0 Å². The van der Waals surface area contributed by atoms with Gasteiger partial charge < -0.3 is 14.2 Å². The highest BCUT2D eigenvalue weighted by Crippen LogP contribution is 2.19. The molecule has 0 spiro atoms. The summed E-state index contributed by atoms with van der Waals surface area (Å²) < 4.78 is 15.4. The predicted octanol–water partition coefficient (Wildman–Crippen LogP) is 1.12. The molecule has 0 aliphatic rings. The first-order chi connectivity index (χ1) is 11.5. The zero-order valence-electron chi connectivity index (χ0n) is 13.7. The van der Waals surface area contributed by atoms with Crippen molar-refractivity contribution in [1.29, 1.82) is 0 Å².